The van der Waals surface area contributed by atoms with Crippen molar-refractivity contribution >= 4 is 11.8 Å². The van der Waals surface area contributed by atoms with Crippen LogP contribution in [0.15, 0.2) is 35.2 Å². The first kappa shape index (κ1) is 14.6. The first-order valence-corrected chi connectivity index (χ1v) is 7.66. The number of hydrogen-bond acceptors (Lipinski definition) is 2. The van der Waals surface area contributed by atoms with Crippen LogP contribution in [0.5, 0.6) is 0 Å². The fraction of sp³-hybridized carbons (Fsp3) is 0.600. The van der Waals surface area contributed by atoms with Gasteiger partial charge in [0.05, 0.1) is 0 Å². The van der Waals surface area contributed by atoms with E-state index in [0.29, 0.717) is 0 Å². The lowest BCUT2D eigenvalue weighted by Crippen LogP contribution is -2.20. The molecule has 0 heterocycles. The highest BCUT2D eigenvalue weighted by molar-refractivity contribution is 7.99. The Morgan fingerprint density at radius 1 is 1.06 bits per heavy atom. The largest absolute Gasteiger partial charge is 0.316 e. The van der Waals surface area contributed by atoms with Crippen LogP contribution in [0.2, 0.25) is 0 Å². The molecule has 1 aromatic carbocycles. The van der Waals surface area contributed by atoms with E-state index in [1.54, 1.807) is 0 Å². The lowest BCUT2D eigenvalue weighted by Gasteiger charge is -2.06. The topological polar surface area (TPSA) is 12.0 Å². The fourth-order valence-electron chi connectivity index (χ4n) is 1.63. The third-order valence-electron chi connectivity index (χ3n) is 2.56. The van der Waals surface area contributed by atoms with Crippen molar-refractivity contribution < 1.29 is 0 Å². The van der Waals surface area contributed by atoms with Crippen LogP contribution in [0.25, 0.3) is 0 Å². The maximum Gasteiger partial charge on any atom is 0.00719 e. The number of hydrogen-bond donors (Lipinski definition) is 1. The Labute approximate surface area is 110 Å². The van der Waals surface area contributed by atoms with Gasteiger partial charge in [-0.1, -0.05) is 38.5 Å². The lowest BCUT2D eigenvalue weighted by atomic mass is 10.2. The highest BCUT2D eigenvalue weighted by Gasteiger charge is 1.94. The molecule has 0 aromatic heterocycles. The molecule has 0 fully saturated rings. The monoisotopic (exact) mass is 251 g/mol. The summed E-state index contributed by atoms with van der Waals surface area (Å²) in [5, 5.41) is 3.49. The van der Waals surface area contributed by atoms with Crippen LogP contribution in [0.4, 0.5) is 0 Å². The summed E-state index contributed by atoms with van der Waals surface area (Å²) < 4.78 is 0. The molecule has 0 aliphatic carbocycles. The second kappa shape index (κ2) is 9.55. The van der Waals surface area contributed by atoms with E-state index < -0.39 is 0 Å². The van der Waals surface area contributed by atoms with Crippen molar-refractivity contribution in [2.24, 2.45) is 5.92 Å². The van der Waals surface area contributed by atoms with Crippen LogP contribution < -0.4 is 5.32 Å². The minimum Gasteiger partial charge on any atom is -0.316 e. The maximum absolute atomic E-state index is 3.49. The van der Waals surface area contributed by atoms with Gasteiger partial charge >= 0.3 is 0 Å². The Hall–Kier alpha value is -0.470. The molecule has 2 heteroatoms. The highest BCUT2D eigenvalue weighted by atomic mass is 32.2. The summed E-state index contributed by atoms with van der Waals surface area (Å²) in [6, 6.07) is 10.7. The SMILES string of the molecule is CC(C)CNCCCCCSc1ccccc1. The molecule has 17 heavy (non-hydrogen) atoms. The van der Waals surface area contributed by atoms with Gasteiger partial charge in [0.15, 0.2) is 0 Å². The van der Waals surface area contributed by atoms with E-state index in [1.165, 1.54) is 36.5 Å². The smallest absolute Gasteiger partial charge is 0.00719 e. The first-order chi connectivity index (χ1) is 8.29. The van der Waals surface area contributed by atoms with Gasteiger partial charge in [0.1, 0.15) is 0 Å². The van der Waals surface area contributed by atoms with Gasteiger partial charge in [-0.05, 0) is 49.7 Å². The van der Waals surface area contributed by atoms with Gasteiger partial charge in [-0.25, -0.2) is 0 Å². The van der Waals surface area contributed by atoms with E-state index in [0.717, 1.165) is 12.5 Å². The molecule has 0 bridgehead atoms. The van der Waals surface area contributed by atoms with Crippen molar-refractivity contribution in [1.29, 1.82) is 0 Å². The normalized spacial score (nSPS) is 11.0. The zero-order valence-corrected chi connectivity index (χ0v) is 11.9. The van der Waals surface area contributed by atoms with Crippen LogP contribution in [0, 0.1) is 5.92 Å². The molecule has 1 N–H and O–H groups in total. The van der Waals surface area contributed by atoms with E-state index >= 15 is 0 Å². The Bertz CT molecular complexity index is 272. The summed E-state index contributed by atoms with van der Waals surface area (Å²) in [6.45, 7) is 6.83. The van der Waals surface area contributed by atoms with Crippen molar-refractivity contribution in [2.75, 3.05) is 18.8 Å². The third-order valence-corrected chi connectivity index (χ3v) is 3.66. The predicted molar refractivity (Wildman–Crippen MR) is 78.7 cm³/mol. The van der Waals surface area contributed by atoms with E-state index in [9.17, 15) is 0 Å². The molecule has 0 saturated heterocycles. The molecule has 0 aliphatic rings. The molecule has 0 aliphatic heterocycles. The quantitative estimate of drug-likeness (QED) is 0.521. The predicted octanol–water partition coefficient (Wildman–Crippen LogP) is 4.19. The van der Waals surface area contributed by atoms with Crippen molar-refractivity contribution in [2.45, 2.75) is 38.0 Å². The van der Waals surface area contributed by atoms with Gasteiger partial charge in [-0.2, -0.15) is 0 Å². The maximum atomic E-state index is 3.49. The molecule has 0 unspecified atom stereocenters. The lowest BCUT2D eigenvalue weighted by molar-refractivity contribution is 0.534. The molecule has 96 valence electrons. The molecule has 1 nitrogen and oxygen atoms in total. The van der Waals surface area contributed by atoms with Crippen LogP contribution in [-0.4, -0.2) is 18.8 Å². The minimum atomic E-state index is 0.767. The zero-order chi connectivity index (χ0) is 12.3. The number of nitrogens with one attached hydrogen (secondary N) is 1. The van der Waals surface area contributed by atoms with Crippen molar-refractivity contribution in [1.82, 2.24) is 5.32 Å². The average molecular weight is 251 g/mol. The van der Waals surface area contributed by atoms with E-state index in [4.69, 9.17) is 0 Å². The van der Waals surface area contributed by atoms with Crippen molar-refractivity contribution in [3.8, 4) is 0 Å². The molecule has 0 atom stereocenters. The number of rotatable bonds is 9. The van der Waals surface area contributed by atoms with Gasteiger partial charge in [0, 0.05) is 4.90 Å². The number of unbranched alkanes of at least 4 members (excludes halogenated alkanes) is 2. The van der Waals surface area contributed by atoms with Crippen LogP contribution >= 0.6 is 11.8 Å². The van der Waals surface area contributed by atoms with Gasteiger partial charge in [0.25, 0.3) is 0 Å². The molecule has 0 amide bonds. The van der Waals surface area contributed by atoms with E-state index in [2.05, 4.69) is 49.5 Å². The summed E-state index contributed by atoms with van der Waals surface area (Å²) >= 11 is 1.97. The number of benzene rings is 1. The highest BCUT2D eigenvalue weighted by Crippen LogP contribution is 2.18. The summed E-state index contributed by atoms with van der Waals surface area (Å²) in [5.74, 6) is 2.01. The summed E-state index contributed by atoms with van der Waals surface area (Å²) in [6.07, 6.45) is 3.97. The standard InChI is InChI=1S/C15H25NS/c1-14(2)13-16-11-7-4-8-12-17-15-9-5-3-6-10-15/h3,5-6,9-10,14,16H,4,7-8,11-13H2,1-2H3. The second-order valence-corrected chi connectivity index (χ2v) is 5.99. The zero-order valence-electron chi connectivity index (χ0n) is 11.1. The van der Waals surface area contributed by atoms with E-state index in [-0.39, 0.29) is 0 Å². The molecule has 1 rings (SSSR count). The van der Waals surface area contributed by atoms with Gasteiger partial charge in [0.2, 0.25) is 0 Å². The van der Waals surface area contributed by atoms with Crippen molar-refractivity contribution in [3.63, 3.8) is 0 Å². The van der Waals surface area contributed by atoms with Gasteiger partial charge < -0.3 is 5.32 Å². The fourth-order valence-corrected chi connectivity index (χ4v) is 2.56. The summed E-state index contributed by atoms with van der Waals surface area (Å²) in [7, 11) is 0. The Morgan fingerprint density at radius 3 is 2.53 bits per heavy atom. The Kier molecular flexibility index (Phi) is 8.20. The second-order valence-electron chi connectivity index (χ2n) is 4.82. The average Bonchev–Trinajstić information content (AvgIpc) is 2.33. The van der Waals surface area contributed by atoms with Crippen molar-refractivity contribution in [3.05, 3.63) is 30.3 Å². The molecule has 1 aromatic rings. The minimum absolute atomic E-state index is 0.767. The third kappa shape index (κ3) is 8.28. The van der Waals surface area contributed by atoms with Gasteiger partial charge in [-0.3, -0.25) is 0 Å². The van der Waals surface area contributed by atoms with E-state index in [1.807, 2.05) is 11.8 Å². The summed E-state index contributed by atoms with van der Waals surface area (Å²) in [4.78, 5) is 1.39. The molecule has 0 spiro atoms. The first-order valence-electron chi connectivity index (χ1n) is 6.67. The molecular weight excluding hydrogens is 226 g/mol. The van der Waals surface area contributed by atoms with Crippen LogP contribution in [0.3, 0.4) is 0 Å². The Balaban J connectivity index is 1.88. The number of thioether (sulfide) groups is 1. The molecule has 0 saturated carbocycles. The Morgan fingerprint density at radius 2 is 1.82 bits per heavy atom. The molecule has 0 radical (unpaired) electrons. The van der Waals surface area contributed by atoms with Gasteiger partial charge in [-0.15, -0.1) is 11.8 Å². The van der Waals surface area contributed by atoms with Crippen LogP contribution in [0.1, 0.15) is 33.1 Å². The van der Waals surface area contributed by atoms with Crippen LogP contribution in [-0.2, 0) is 0 Å². The molecular formula is C15H25NS. The summed E-state index contributed by atoms with van der Waals surface area (Å²) in [5.41, 5.74) is 0.